The molecule has 0 unspecified atom stereocenters. The van der Waals surface area contributed by atoms with Crippen LogP contribution in [0.25, 0.3) is 0 Å². The summed E-state index contributed by atoms with van der Waals surface area (Å²) >= 11 is 1.55. The Labute approximate surface area is 148 Å². The summed E-state index contributed by atoms with van der Waals surface area (Å²) < 4.78 is 0. The number of amides is 3. The smallest absolute Gasteiger partial charge is 0.254 e. The molecule has 0 bridgehead atoms. The van der Waals surface area contributed by atoms with Gasteiger partial charge in [-0.1, -0.05) is 12.1 Å². The van der Waals surface area contributed by atoms with E-state index in [4.69, 9.17) is 0 Å². The summed E-state index contributed by atoms with van der Waals surface area (Å²) in [5.41, 5.74) is 1.80. The number of para-hydroxylation sites is 1. The van der Waals surface area contributed by atoms with E-state index in [0.717, 1.165) is 10.7 Å². The van der Waals surface area contributed by atoms with Gasteiger partial charge in [0.05, 0.1) is 22.7 Å². The second kappa shape index (κ2) is 7.43. The summed E-state index contributed by atoms with van der Waals surface area (Å²) in [4.78, 5) is 40.9. The highest BCUT2D eigenvalue weighted by Crippen LogP contribution is 2.18. The van der Waals surface area contributed by atoms with E-state index >= 15 is 0 Å². The van der Waals surface area contributed by atoms with E-state index in [0.29, 0.717) is 24.2 Å². The number of anilines is 1. The maximum Gasteiger partial charge on any atom is 0.254 e. The van der Waals surface area contributed by atoms with Crippen LogP contribution >= 0.6 is 11.3 Å². The van der Waals surface area contributed by atoms with Gasteiger partial charge in [-0.25, -0.2) is 4.98 Å². The van der Waals surface area contributed by atoms with Crippen molar-refractivity contribution in [2.24, 2.45) is 0 Å². The number of hydrogen-bond acceptors (Lipinski definition) is 5. The van der Waals surface area contributed by atoms with Gasteiger partial charge in [0.2, 0.25) is 11.8 Å². The van der Waals surface area contributed by atoms with Crippen LogP contribution in [-0.4, -0.2) is 35.3 Å². The standard InChI is InChI=1S/C17H18N4O3S/c1-10-9-25-15(19-10)6-7-18-14(22)8-13-17(24)20-12-5-3-2-4-11(12)16(23)21-13/h2-5,9,13H,6-8H2,1H3,(H,18,22)(H,20,24)(H,21,23)/t13-/m0/s1. The molecule has 0 fully saturated rings. The Bertz CT molecular complexity index is 818. The number of rotatable bonds is 5. The number of thiazole rings is 1. The van der Waals surface area contributed by atoms with Gasteiger partial charge in [0.15, 0.2) is 0 Å². The van der Waals surface area contributed by atoms with Gasteiger partial charge in [-0.15, -0.1) is 11.3 Å². The predicted octanol–water partition coefficient (Wildman–Crippen LogP) is 1.25. The molecule has 130 valence electrons. The summed E-state index contributed by atoms with van der Waals surface area (Å²) in [6.07, 6.45) is 0.529. The Morgan fingerprint density at radius 2 is 2.12 bits per heavy atom. The normalized spacial score (nSPS) is 16.4. The summed E-state index contributed by atoms with van der Waals surface area (Å²) in [7, 11) is 0. The van der Waals surface area contributed by atoms with E-state index in [-0.39, 0.29) is 18.2 Å². The van der Waals surface area contributed by atoms with Crippen LogP contribution in [0, 0.1) is 6.92 Å². The molecule has 1 aromatic heterocycles. The van der Waals surface area contributed by atoms with Crippen LogP contribution in [0.4, 0.5) is 5.69 Å². The minimum Gasteiger partial charge on any atom is -0.356 e. The zero-order chi connectivity index (χ0) is 17.8. The van der Waals surface area contributed by atoms with Gasteiger partial charge in [-0.2, -0.15) is 0 Å². The molecule has 1 aliphatic rings. The number of aromatic nitrogens is 1. The van der Waals surface area contributed by atoms with Crippen LogP contribution in [0.15, 0.2) is 29.6 Å². The van der Waals surface area contributed by atoms with Crippen LogP contribution in [0.5, 0.6) is 0 Å². The zero-order valence-corrected chi connectivity index (χ0v) is 14.5. The molecular weight excluding hydrogens is 340 g/mol. The largest absolute Gasteiger partial charge is 0.356 e. The average molecular weight is 358 g/mol. The molecule has 8 heteroatoms. The number of carbonyl (C=O) groups is 3. The van der Waals surface area contributed by atoms with Crippen molar-refractivity contribution in [3.05, 3.63) is 45.9 Å². The van der Waals surface area contributed by atoms with E-state index in [1.807, 2.05) is 12.3 Å². The topological polar surface area (TPSA) is 100 Å². The third kappa shape index (κ3) is 4.21. The molecule has 0 spiro atoms. The Morgan fingerprint density at radius 3 is 2.88 bits per heavy atom. The highest BCUT2D eigenvalue weighted by Gasteiger charge is 2.29. The molecule has 1 atom stereocenters. The number of hydrogen-bond donors (Lipinski definition) is 3. The van der Waals surface area contributed by atoms with Crippen LogP contribution < -0.4 is 16.0 Å². The summed E-state index contributed by atoms with van der Waals surface area (Å²) in [6.45, 7) is 2.36. The van der Waals surface area contributed by atoms with E-state index in [9.17, 15) is 14.4 Å². The number of aryl methyl sites for hydroxylation is 1. The van der Waals surface area contributed by atoms with Gasteiger partial charge in [0.25, 0.3) is 5.91 Å². The molecule has 3 amide bonds. The lowest BCUT2D eigenvalue weighted by atomic mass is 10.1. The van der Waals surface area contributed by atoms with Gasteiger partial charge in [0, 0.05) is 24.0 Å². The fraction of sp³-hybridized carbons (Fsp3) is 0.294. The van der Waals surface area contributed by atoms with Gasteiger partial charge >= 0.3 is 0 Å². The van der Waals surface area contributed by atoms with Crippen molar-refractivity contribution in [2.75, 3.05) is 11.9 Å². The first-order valence-corrected chi connectivity index (χ1v) is 8.79. The Balaban J connectivity index is 1.54. The Morgan fingerprint density at radius 1 is 1.32 bits per heavy atom. The molecule has 0 saturated carbocycles. The van der Waals surface area contributed by atoms with E-state index < -0.39 is 11.9 Å². The summed E-state index contributed by atoms with van der Waals surface area (Å²) in [5.74, 6) is -1.06. The third-order valence-corrected chi connectivity index (χ3v) is 4.79. The molecule has 0 aliphatic carbocycles. The molecule has 2 heterocycles. The predicted molar refractivity (Wildman–Crippen MR) is 94.5 cm³/mol. The van der Waals surface area contributed by atoms with Gasteiger partial charge in [-0.3, -0.25) is 14.4 Å². The van der Waals surface area contributed by atoms with E-state index in [2.05, 4.69) is 20.9 Å². The molecule has 3 rings (SSSR count). The van der Waals surface area contributed by atoms with Crippen molar-refractivity contribution in [1.82, 2.24) is 15.6 Å². The fourth-order valence-electron chi connectivity index (χ4n) is 2.54. The average Bonchev–Trinajstić information content (AvgIpc) is 2.95. The molecule has 1 aromatic carbocycles. The first kappa shape index (κ1) is 17.1. The summed E-state index contributed by atoms with van der Waals surface area (Å²) in [6, 6.07) is 5.84. The molecule has 7 nitrogen and oxygen atoms in total. The SMILES string of the molecule is Cc1csc(CCNC(=O)C[C@@H]2NC(=O)c3ccccc3NC2=O)n1. The van der Waals surface area contributed by atoms with E-state index in [1.165, 1.54) is 0 Å². The zero-order valence-electron chi connectivity index (χ0n) is 13.7. The quantitative estimate of drug-likeness (QED) is 0.749. The second-order valence-electron chi connectivity index (χ2n) is 5.75. The van der Waals surface area contributed by atoms with Crippen molar-refractivity contribution in [3.8, 4) is 0 Å². The van der Waals surface area contributed by atoms with Crippen molar-refractivity contribution in [2.45, 2.75) is 25.8 Å². The van der Waals surface area contributed by atoms with Crippen LogP contribution in [-0.2, 0) is 16.0 Å². The minimum absolute atomic E-state index is 0.109. The maximum atomic E-state index is 12.2. The lowest BCUT2D eigenvalue weighted by molar-refractivity contribution is -0.125. The van der Waals surface area contributed by atoms with Crippen molar-refractivity contribution < 1.29 is 14.4 Å². The van der Waals surface area contributed by atoms with Crippen LogP contribution in [0.3, 0.4) is 0 Å². The lowest BCUT2D eigenvalue weighted by Crippen LogP contribution is -2.44. The van der Waals surface area contributed by atoms with Gasteiger partial charge in [-0.05, 0) is 19.1 Å². The number of benzene rings is 1. The molecule has 0 saturated heterocycles. The molecule has 25 heavy (non-hydrogen) atoms. The molecule has 3 N–H and O–H groups in total. The number of fused-ring (bicyclic) bond motifs is 1. The van der Waals surface area contributed by atoms with Crippen molar-refractivity contribution >= 4 is 34.7 Å². The molecular formula is C17H18N4O3S. The Kier molecular flexibility index (Phi) is 5.08. The maximum absolute atomic E-state index is 12.2. The highest BCUT2D eigenvalue weighted by atomic mass is 32.1. The van der Waals surface area contributed by atoms with E-state index in [1.54, 1.807) is 35.6 Å². The Hall–Kier alpha value is -2.74. The first-order chi connectivity index (χ1) is 12.0. The van der Waals surface area contributed by atoms with Crippen molar-refractivity contribution in [1.29, 1.82) is 0 Å². The van der Waals surface area contributed by atoms with Gasteiger partial charge in [0.1, 0.15) is 6.04 Å². The van der Waals surface area contributed by atoms with Crippen LogP contribution in [0.2, 0.25) is 0 Å². The van der Waals surface area contributed by atoms with Crippen LogP contribution in [0.1, 0.15) is 27.5 Å². The highest BCUT2D eigenvalue weighted by molar-refractivity contribution is 7.09. The number of nitrogens with one attached hydrogen (secondary N) is 3. The monoisotopic (exact) mass is 358 g/mol. The van der Waals surface area contributed by atoms with Crippen molar-refractivity contribution in [3.63, 3.8) is 0 Å². The second-order valence-corrected chi connectivity index (χ2v) is 6.69. The molecule has 1 aliphatic heterocycles. The third-order valence-electron chi connectivity index (χ3n) is 3.77. The minimum atomic E-state index is -0.901. The summed E-state index contributed by atoms with van der Waals surface area (Å²) in [5, 5.41) is 11.0. The number of carbonyl (C=O) groups excluding carboxylic acids is 3. The first-order valence-electron chi connectivity index (χ1n) is 7.91. The van der Waals surface area contributed by atoms with Gasteiger partial charge < -0.3 is 16.0 Å². The molecule has 0 radical (unpaired) electrons. The number of nitrogens with zero attached hydrogens (tertiary/aromatic N) is 1. The fourth-order valence-corrected chi connectivity index (χ4v) is 3.32. The lowest BCUT2D eigenvalue weighted by Gasteiger charge is -2.14. The molecule has 2 aromatic rings.